The van der Waals surface area contributed by atoms with Crippen LogP contribution in [0.25, 0.3) is 0 Å². The number of carbonyl (C=O) groups is 1. The summed E-state index contributed by atoms with van der Waals surface area (Å²) in [4.78, 5) is 12.7. The molecule has 0 saturated heterocycles. The highest BCUT2D eigenvalue weighted by molar-refractivity contribution is 6.05. The van der Waals surface area contributed by atoms with E-state index >= 15 is 0 Å². The lowest BCUT2D eigenvalue weighted by Gasteiger charge is -2.35. The molecule has 0 fully saturated rings. The van der Waals surface area contributed by atoms with E-state index in [1.807, 2.05) is 13.0 Å². The van der Waals surface area contributed by atoms with Gasteiger partial charge in [-0.3, -0.25) is 4.79 Å². The van der Waals surface area contributed by atoms with E-state index < -0.39 is 17.5 Å². The average molecular weight is 357 g/mol. The van der Waals surface area contributed by atoms with Gasteiger partial charge in [-0.2, -0.15) is 0 Å². The Bertz CT molecular complexity index is 912. The summed E-state index contributed by atoms with van der Waals surface area (Å²) in [6.07, 6.45) is 1.78. The third-order valence-electron chi connectivity index (χ3n) is 4.59. The minimum atomic E-state index is -1.20. The summed E-state index contributed by atoms with van der Waals surface area (Å²) in [6.45, 7) is 2.04. The predicted molar refractivity (Wildman–Crippen MR) is 91.8 cm³/mol. The molecule has 2 aromatic carbocycles. The highest BCUT2D eigenvalue weighted by Gasteiger charge is 2.51. The number of anilines is 1. The monoisotopic (exact) mass is 357 g/mol. The molecule has 0 unspecified atom stereocenters. The number of benzene rings is 2. The number of hydrogen-bond donors (Lipinski definition) is 1. The number of hydrogen-bond acceptors (Lipinski definition) is 3. The molecule has 0 bridgehead atoms. The molecule has 1 amide bonds. The van der Waals surface area contributed by atoms with Gasteiger partial charge >= 0.3 is 0 Å². The van der Waals surface area contributed by atoms with Crippen molar-refractivity contribution in [3.05, 3.63) is 71.3 Å². The standard InChI is InChI=1S/C20H17F2NO3/c1-12-7-16(11-25-15-4-2-3-13(21)8-15)26-20(10-12)17-6-5-14(22)9-18(17)23-19(20)24/h2-9,16H,10-11H2,1H3,(H,23,24)/t16-,20+/m1/s1. The van der Waals surface area contributed by atoms with Crippen LogP contribution in [0, 0.1) is 11.6 Å². The molecule has 26 heavy (non-hydrogen) atoms. The molecule has 1 spiro atoms. The Morgan fingerprint density at radius 1 is 1.23 bits per heavy atom. The van der Waals surface area contributed by atoms with Crippen molar-refractivity contribution in [3.63, 3.8) is 0 Å². The SMILES string of the molecule is CC1=C[C@H](COc2cccc(F)c2)O[C@]2(C1)C(=O)Nc1cc(F)ccc12. The van der Waals surface area contributed by atoms with Crippen LogP contribution in [0.3, 0.4) is 0 Å². The molecule has 2 aromatic rings. The van der Waals surface area contributed by atoms with Crippen molar-refractivity contribution in [1.82, 2.24) is 0 Å². The van der Waals surface area contributed by atoms with E-state index in [0.717, 1.165) is 5.57 Å². The first-order chi connectivity index (χ1) is 12.5. The highest BCUT2D eigenvalue weighted by atomic mass is 19.1. The van der Waals surface area contributed by atoms with E-state index in [4.69, 9.17) is 9.47 Å². The van der Waals surface area contributed by atoms with Crippen LogP contribution in [0.15, 0.2) is 54.1 Å². The van der Waals surface area contributed by atoms with Crippen molar-refractivity contribution in [1.29, 1.82) is 0 Å². The van der Waals surface area contributed by atoms with Gasteiger partial charge in [0.25, 0.3) is 5.91 Å². The number of ether oxygens (including phenoxy) is 2. The van der Waals surface area contributed by atoms with Crippen LogP contribution in [-0.2, 0) is 15.1 Å². The molecule has 0 saturated carbocycles. The molecule has 2 aliphatic rings. The topological polar surface area (TPSA) is 47.6 Å². The number of halogens is 2. The maximum Gasteiger partial charge on any atom is 0.261 e. The maximum atomic E-state index is 13.5. The van der Waals surface area contributed by atoms with Gasteiger partial charge in [-0.1, -0.05) is 23.8 Å². The Hall–Kier alpha value is -2.73. The normalized spacial score (nSPS) is 24.2. The second-order valence-corrected chi connectivity index (χ2v) is 6.59. The zero-order chi connectivity index (χ0) is 18.3. The number of rotatable bonds is 3. The fraction of sp³-hybridized carbons (Fsp3) is 0.250. The molecule has 2 heterocycles. The summed E-state index contributed by atoms with van der Waals surface area (Å²) < 4.78 is 38.5. The molecular weight excluding hydrogens is 340 g/mol. The van der Waals surface area contributed by atoms with Gasteiger partial charge in [0, 0.05) is 18.1 Å². The second kappa shape index (κ2) is 6.21. The van der Waals surface area contributed by atoms with Crippen LogP contribution in [0.2, 0.25) is 0 Å². The zero-order valence-electron chi connectivity index (χ0n) is 14.1. The molecule has 2 aliphatic heterocycles. The zero-order valence-corrected chi connectivity index (χ0v) is 14.1. The smallest absolute Gasteiger partial charge is 0.261 e. The predicted octanol–water partition coefficient (Wildman–Crippen LogP) is 3.93. The first kappa shape index (κ1) is 16.7. The van der Waals surface area contributed by atoms with Gasteiger partial charge in [-0.15, -0.1) is 0 Å². The Morgan fingerprint density at radius 3 is 2.85 bits per heavy atom. The van der Waals surface area contributed by atoms with Gasteiger partial charge in [0.2, 0.25) is 0 Å². The van der Waals surface area contributed by atoms with Crippen molar-refractivity contribution in [2.24, 2.45) is 0 Å². The third kappa shape index (κ3) is 2.86. The molecule has 0 radical (unpaired) electrons. The van der Waals surface area contributed by atoms with Gasteiger partial charge in [0.15, 0.2) is 5.60 Å². The van der Waals surface area contributed by atoms with Gasteiger partial charge in [-0.05, 0) is 31.2 Å². The van der Waals surface area contributed by atoms with Gasteiger partial charge in [0.1, 0.15) is 30.1 Å². The van der Waals surface area contributed by atoms with E-state index in [9.17, 15) is 13.6 Å². The Labute approximate surface area is 149 Å². The lowest BCUT2D eigenvalue weighted by molar-refractivity contribution is -0.151. The van der Waals surface area contributed by atoms with Gasteiger partial charge in [0.05, 0.1) is 5.69 Å². The fourth-order valence-corrected chi connectivity index (χ4v) is 3.53. The highest BCUT2D eigenvalue weighted by Crippen LogP contribution is 2.46. The molecule has 134 valence electrons. The van der Waals surface area contributed by atoms with Crippen LogP contribution in [0.5, 0.6) is 5.75 Å². The first-order valence-corrected chi connectivity index (χ1v) is 8.31. The minimum Gasteiger partial charge on any atom is -0.490 e. The summed E-state index contributed by atoms with van der Waals surface area (Å²) in [7, 11) is 0. The van der Waals surface area contributed by atoms with E-state index in [1.54, 1.807) is 18.2 Å². The van der Waals surface area contributed by atoms with E-state index in [0.29, 0.717) is 23.4 Å². The van der Waals surface area contributed by atoms with Crippen molar-refractivity contribution in [2.45, 2.75) is 25.0 Å². The van der Waals surface area contributed by atoms with Crippen molar-refractivity contribution in [3.8, 4) is 5.75 Å². The maximum absolute atomic E-state index is 13.5. The van der Waals surface area contributed by atoms with Crippen LogP contribution in [0.1, 0.15) is 18.9 Å². The summed E-state index contributed by atoms with van der Waals surface area (Å²) >= 11 is 0. The number of amides is 1. The van der Waals surface area contributed by atoms with Crippen molar-refractivity contribution >= 4 is 11.6 Å². The Kier molecular flexibility index (Phi) is 4.00. The van der Waals surface area contributed by atoms with Crippen LogP contribution in [0.4, 0.5) is 14.5 Å². The lowest BCUT2D eigenvalue weighted by atomic mass is 9.85. The quantitative estimate of drug-likeness (QED) is 0.847. The Morgan fingerprint density at radius 2 is 2.04 bits per heavy atom. The molecular formula is C20H17F2NO3. The van der Waals surface area contributed by atoms with Gasteiger partial charge < -0.3 is 14.8 Å². The molecule has 0 aliphatic carbocycles. The Balaban J connectivity index is 1.59. The largest absolute Gasteiger partial charge is 0.490 e. The van der Waals surface area contributed by atoms with Crippen molar-refractivity contribution in [2.75, 3.05) is 11.9 Å². The molecule has 6 heteroatoms. The molecule has 1 N–H and O–H groups in total. The molecule has 2 atom stereocenters. The summed E-state index contributed by atoms with van der Waals surface area (Å²) in [5.41, 5.74) is 0.815. The lowest BCUT2D eigenvalue weighted by Crippen LogP contribution is -2.44. The summed E-state index contributed by atoms with van der Waals surface area (Å²) in [5, 5.41) is 2.70. The van der Waals surface area contributed by atoms with E-state index in [2.05, 4.69) is 5.32 Å². The average Bonchev–Trinajstić information content (AvgIpc) is 2.83. The molecule has 4 rings (SSSR count). The fourth-order valence-electron chi connectivity index (χ4n) is 3.53. The van der Waals surface area contributed by atoms with Crippen LogP contribution >= 0.6 is 0 Å². The number of carbonyl (C=O) groups excluding carboxylic acids is 1. The van der Waals surface area contributed by atoms with Crippen LogP contribution < -0.4 is 10.1 Å². The third-order valence-corrected chi connectivity index (χ3v) is 4.59. The summed E-state index contributed by atoms with van der Waals surface area (Å²) in [5.74, 6) is -0.740. The number of nitrogens with one attached hydrogen (secondary N) is 1. The minimum absolute atomic E-state index is 0.131. The number of fused-ring (bicyclic) bond motifs is 2. The molecule has 0 aromatic heterocycles. The first-order valence-electron chi connectivity index (χ1n) is 8.31. The van der Waals surface area contributed by atoms with E-state index in [-0.39, 0.29) is 18.3 Å². The van der Waals surface area contributed by atoms with E-state index in [1.165, 1.54) is 24.3 Å². The van der Waals surface area contributed by atoms with Crippen LogP contribution in [-0.4, -0.2) is 18.6 Å². The second-order valence-electron chi connectivity index (χ2n) is 6.59. The van der Waals surface area contributed by atoms with Crippen molar-refractivity contribution < 1.29 is 23.0 Å². The van der Waals surface area contributed by atoms with Gasteiger partial charge in [-0.25, -0.2) is 8.78 Å². The molecule has 4 nitrogen and oxygen atoms in total. The summed E-state index contributed by atoms with van der Waals surface area (Å²) in [6, 6.07) is 10.0.